The van der Waals surface area contributed by atoms with Gasteiger partial charge in [0.2, 0.25) is 5.82 Å². The van der Waals surface area contributed by atoms with Crippen LogP contribution in [0.15, 0.2) is 35.2 Å². The molecule has 0 saturated heterocycles. The van der Waals surface area contributed by atoms with E-state index in [1.807, 2.05) is 40.7 Å². The van der Waals surface area contributed by atoms with E-state index in [0.717, 1.165) is 28.2 Å². The molecule has 136 valence electrons. The number of aryl methyl sites for hydroxylation is 1. The number of fused-ring (bicyclic) bond motifs is 5. The lowest BCUT2D eigenvalue weighted by atomic mass is 10.0. The first-order valence-electron chi connectivity index (χ1n) is 8.35. The van der Waals surface area contributed by atoms with E-state index in [9.17, 15) is 0 Å². The second-order valence-electron chi connectivity index (χ2n) is 6.37. The molecule has 0 bridgehead atoms. The van der Waals surface area contributed by atoms with Gasteiger partial charge in [0, 0.05) is 42.9 Å². The third-order valence-corrected chi connectivity index (χ3v) is 4.78. The summed E-state index contributed by atoms with van der Waals surface area (Å²) in [7, 11) is 3.49. The van der Waals surface area contributed by atoms with Crippen molar-refractivity contribution in [3.05, 3.63) is 52.9 Å². The van der Waals surface area contributed by atoms with Crippen molar-refractivity contribution in [2.24, 2.45) is 7.05 Å². The van der Waals surface area contributed by atoms with Crippen LogP contribution in [0.5, 0.6) is 0 Å². The van der Waals surface area contributed by atoms with Crippen LogP contribution in [0.1, 0.15) is 17.1 Å². The molecule has 9 heteroatoms. The highest BCUT2D eigenvalue weighted by atomic mass is 35.5. The Bertz CT molecular complexity index is 1160. The lowest BCUT2D eigenvalue weighted by Crippen LogP contribution is -2.00. The molecule has 0 spiro atoms. The van der Waals surface area contributed by atoms with Crippen LogP contribution in [-0.2, 0) is 24.8 Å². The number of imidazole rings is 1. The zero-order chi connectivity index (χ0) is 18.5. The van der Waals surface area contributed by atoms with Gasteiger partial charge in [-0.05, 0) is 18.2 Å². The van der Waals surface area contributed by atoms with Gasteiger partial charge in [-0.15, -0.1) is 0 Å². The van der Waals surface area contributed by atoms with Gasteiger partial charge in [-0.2, -0.15) is 10.1 Å². The van der Waals surface area contributed by atoms with E-state index in [1.165, 1.54) is 0 Å². The molecule has 0 aliphatic carbocycles. The molecule has 1 aliphatic heterocycles. The molecule has 1 aromatic carbocycles. The smallest absolute Gasteiger partial charge is 0.252 e. The largest absolute Gasteiger partial charge is 0.375 e. The van der Waals surface area contributed by atoms with Crippen LogP contribution in [0.25, 0.3) is 28.5 Å². The molecule has 0 atom stereocenters. The zero-order valence-corrected chi connectivity index (χ0v) is 15.4. The molecular weight excluding hydrogens is 368 g/mol. The third kappa shape index (κ3) is 2.56. The standard InChI is InChI=1S/C18H15ClN6O2/c1-24-7-10-5-14-17(18-21-15(8-26-2)27-23-18)20-9-25(14)13-4-3-11(19)6-12(13)16(10)22-24/h3-4,6-7,9H,5,8H2,1-2H3. The predicted octanol–water partition coefficient (Wildman–Crippen LogP) is 3.03. The summed E-state index contributed by atoms with van der Waals surface area (Å²) in [5.74, 6) is 0.857. The fraction of sp³-hybridized carbons (Fsp3) is 0.222. The molecule has 27 heavy (non-hydrogen) atoms. The van der Waals surface area contributed by atoms with Crippen LogP contribution in [0.2, 0.25) is 5.02 Å². The number of methoxy groups -OCH3 is 1. The highest BCUT2D eigenvalue weighted by molar-refractivity contribution is 6.31. The molecule has 0 amide bonds. The second-order valence-corrected chi connectivity index (χ2v) is 6.81. The predicted molar refractivity (Wildman–Crippen MR) is 97.6 cm³/mol. The first-order chi connectivity index (χ1) is 13.1. The van der Waals surface area contributed by atoms with Crippen LogP contribution in [0, 0.1) is 0 Å². The Morgan fingerprint density at radius 2 is 2.19 bits per heavy atom. The maximum absolute atomic E-state index is 6.26. The van der Waals surface area contributed by atoms with Gasteiger partial charge < -0.3 is 13.8 Å². The van der Waals surface area contributed by atoms with Crippen molar-refractivity contribution < 1.29 is 9.26 Å². The Hall–Kier alpha value is -2.97. The third-order valence-electron chi connectivity index (χ3n) is 4.55. The van der Waals surface area contributed by atoms with Gasteiger partial charge in [0.05, 0.1) is 17.1 Å². The highest BCUT2D eigenvalue weighted by Gasteiger charge is 2.27. The van der Waals surface area contributed by atoms with Crippen LogP contribution in [0.4, 0.5) is 0 Å². The van der Waals surface area contributed by atoms with E-state index in [2.05, 4.69) is 20.2 Å². The van der Waals surface area contributed by atoms with Crippen LogP contribution in [-0.4, -0.2) is 36.6 Å². The maximum Gasteiger partial charge on any atom is 0.252 e. The number of aromatic nitrogens is 6. The summed E-state index contributed by atoms with van der Waals surface area (Å²) < 4.78 is 14.1. The fourth-order valence-electron chi connectivity index (χ4n) is 3.45. The Morgan fingerprint density at radius 3 is 3.04 bits per heavy atom. The molecule has 0 saturated carbocycles. The van der Waals surface area contributed by atoms with E-state index < -0.39 is 0 Å². The number of nitrogens with zero attached hydrogens (tertiary/aromatic N) is 6. The number of ether oxygens (including phenoxy) is 1. The normalized spacial score (nSPS) is 12.4. The average Bonchev–Trinajstić information content (AvgIpc) is 3.33. The molecule has 0 N–H and O–H groups in total. The minimum absolute atomic E-state index is 0.261. The molecule has 5 rings (SSSR count). The first-order valence-corrected chi connectivity index (χ1v) is 8.72. The van der Waals surface area contributed by atoms with Crippen molar-refractivity contribution in [1.29, 1.82) is 0 Å². The van der Waals surface area contributed by atoms with Gasteiger partial charge in [-0.3, -0.25) is 4.68 Å². The highest BCUT2D eigenvalue weighted by Crippen LogP contribution is 2.38. The number of hydrogen-bond donors (Lipinski definition) is 0. The van der Waals surface area contributed by atoms with E-state index in [1.54, 1.807) is 13.4 Å². The van der Waals surface area contributed by atoms with Gasteiger partial charge in [-0.1, -0.05) is 16.8 Å². The quantitative estimate of drug-likeness (QED) is 0.477. The van der Waals surface area contributed by atoms with E-state index in [4.69, 9.17) is 20.9 Å². The van der Waals surface area contributed by atoms with Gasteiger partial charge >= 0.3 is 0 Å². The van der Waals surface area contributed by atoms with Gasteiger partial charge in [0.25, 0.3) is 5.89 Å². The molecule has 4 heterocycles. The van der Waals surface area contributed by atoms with E-state index in [0.29, 0.717) is 28.9 Å². The van der Waals surface area contributed by atoms with Crippen molar-refractivity contribution in [3.8, 4) is 28.5 Å². The van der Waals surface area contributed by atoms with Crippen LogP contribution in [0.3, 0.4) is 0 Å². The van der Waals surface area contributed by atoms with Gasteiger partial charge in [0.1, 0.15) is 18.6 Å². The summed E-state index contributed by atoms with van der Waals surface area (Å²) in [6, 6.07) is 5.77. The molecule has 0 unspecified atom stereocenters. The van der Waals surface area contributed by atoms with Crippen molar-refractivity contribution in [2.75, 3.05) is 7.11 Å². The summed E-state index contributed by atoms with van der Waals surface area (Å²) >= 11 is 6.26. The lowest BCUT2D eigenvalue weighted by Gasteiger charge is -2.09. The van der Waals surface area contributed by atoms with Gasteiger partial charge in [0.15, 0.2) is 0 Å². The van der Waals surface area contributed by atoms with Gasteiger partial charge in [-0.25, -0.2) is 4.98 Å². The van der Waals surface area contributed by atoms with Crippen molar-refractivity contribution in [1.82, 2.24) is 29.5 Å². The van der Waals surface area contributed by atoms with Crippen LogP contribution < -0.4 is 0 Å². The molecule has 4 aromatic rings. The minimum atomic E-state index is 0.261. The summed E-state index contributed by atoms with van der Waals surface area (Å²) in [5.41, 5.74) is 5.58. The maximum atomic E-state index is 6.26. The number of halogens is 1. The second kappa shape index (κ2) is 6.04. The summed E-state index contributed by atoms with van der Waals surface area (Å²) in [6.45, 7) is 0.261. The van der Waals surface area contributed by atoms with Crippen molar-refractivity contribution in [2.45, 2.75) is 13.0 Å². The summed E-state index contributed by atoms with van der Waals surface area (Å²) in [5, 5.41) is 9.37. The SMILES string of the molecule is COCc1nc(-c2ncn3c2Cc2cn(C)nc2-c2cc(Cl)ccc2-3)no1. The lowest BCUT2D eigenvalue weighted by molar-refractivity contribution is 0.151. The van der Waals surface area contributed by atoms with Crippen molar-refractivity contribution >= 4 is 11.6 Å². The van der Waals surface area contributed by atoms with Crippen LogP contribution >= 0.6 is 11.6 Å². The monoisotopic (exact) mass is 382 g/mol. The molecular formula is C18H15ClN6O2. The fourth-order valence-corrected chi connectivity index (χ4v) is 3.62. The summed E-state index contributed by atoms with van der Waals surface area (Å²) in [6.07, 6.45) is 4.42. The topological polar surface area (TPSA) is 83.8 Å². The Kier molecular flexibility index (Phi) is 3.63. The Labute approximate surface area is 159 Å². The molecule has 1 aliphatic rings. The molecule has 0 radical (unpaired) electrons. The molecule has 8 nitrogen and oxygen atoms in total. The first kappa shape index (κ1) is 16.2. The van der Waals surface area contributed by atoms with E-state index >= 15 is 0 Å². The molecule has 3 aromatic heterocycles. The molecule has 0 fully saturated rings. The Balaban J connectivity index is 1.72. The van der Waals surface area contributed by atoms with Crippen molar-refractivity contribution in [3.63, 3.8) is 0 Å². The van der Waals surface area contributed by atoms with E-state index in [-0.39, 0.29) is 6.61 Å². The average molecular weight is 383 g/mol. The zero-order valence-electron chi connectivity index (χ0n) is 14.7. The summed E-state index contributed by atoms with van der Waals surface area (Å²) in [4.78, 5) is 8.95. The number of rotatable bonds is 3. The Morgan fingerprint density at radius 1 is 1.30 bits per heavy atom. The number of hydrogen-bond acceptors (Lipinski definition) is 6. The minimum Gasteiger partial charge on any atom is -0.375 e. The number of benzene rings is 1.